The van der Waals surface area contributed by atoms with Crippen LogP contribution in [0.5, 0.6) is 11.5 Å². The molecule has 4 aromatic rings. The molecular formula is C46H58N2O2Pd. The number of unbranched alkanes of at least 4 members (excludes halogenated alkanes) is 7. The Morgan fingerprint density at radius 1 is 0.471 bits per heavy atom. The Balaban J connectivity index is 0.000000322. The van der Waals surface area contributed by atoms with Gasteiger partial charge in [0, 0.05) is 22.3 Å². The van der Waals surface area contributed by atoms with Gasteiger partial charge in [0.15, 0.2) is 0 Å². The molecule has 0 amide bonds. The van der Waals surface area contributed by atoms with Gasteiger partial charge in [0.05, 0.1) is 0 Å². The first-order chi connectivity index (χ1) is 25.1. The van der Waals surface area contributed by atoms with E-state index in [0.29, 0.717) is 0 Å². The summed E-state index contributed by atoms with van der Waals surface area (Å²) in [6, 6.07) is 37.2. The van der Waals surface area contributed by atoms with Crippen molar-refractivity contribution in [3.63, 3.8) is 0 Å². The van der Waals surface area contributed by atoms with Crippen LogP contribution in [0.3, 0.4) is 0 Å². The third kappa shape index (κ3) is 12.7. The number of nitrogens with zero attached hydrogens (tertiary/aromatic N) is 2. The van der Waals surface area contributed by atoms with Crippen molar-refractivity contribution in [3.8, 4) is 11.5 Å². The van der Waals surface area contributed by atoms with Crippen LogP contribution in [-0.4, -0.2) is 4.70 Å². The van der Waals surface area contributed by atoms with Crippen LogP contribution in [0.25, 0.3) is 16.9 Å². The van der Waals surface area contributed by atoms with Crippen molar-refractivity contribution in [2.75, 3.05) is 0 Å². The molecule has 0 unspecified atom stereocenters. The second-order valence-electron chi connectivity index (χ2n) is 13.2. The van der Waals surface area contributed by atoms with Crippen LogP contribution in [0, 0.1) is 0 Å². The molecule has 0 spiro atoms. The Hall–Kier alpha value is -3.78. The van der Waals surface area contributed by atoms with Gasteiger partial charge in [-0.05, 0) is 80.3 Å². The summed E-state index contributed by atoms with van der Waals surface area (Å²) in [5, 5.41) is 0. The van der Waals surface area contributed by atoms with E-state index in [-0.39, 0.29) is 18.7 Å². The fraction of sp³-hybridized carbons (Fsp3) is 0.391. The van der Waals surface area contributed by atoms with Crippen LogP contribution in [0.4, 0.5) is 0 Å². The molecule has 4 aromatic carbocycles. The topological polar surface area (TPSA) is 43.8 Å². The van der Waals surface area contributed by atoms with Gasteiger partial charge < -0.3 is 5.53 Å². The van der Waals surface area contributed by atoms with Crippen molar-refractivity contribution < 1.29 is 30.3 Å². The summed E-state index contributed by atoms with van der Waals surface area (Å²) in [6.07, 6.45) is 16.8. The summed E-state index contributed by atoms with van der Waals surface area (Å²) in [4.78, 5) is 0. The van der Waals surface area contributed by atoms with E-state index in [1.807, 2.05) is 60.7 Å². The van der Waals surface area contributed by atoms with Gasteiger partial charge in [-0.25, -0.2) is 4.70 Å². The molecule has 5 rings (SSSR count). The molecule has 0 N–H and O–H groups in total. The predicted octanol–water partition coefficient (Wildman–Crippen LogP) is 13.8. The SMILES string of the molecule is CCCCCCc1ccc(C2=C(CC)C(CCCC)=C(c3ccc(CCCCCC)cc3)[N+]2=[N-])cc1.c1ccc([O][Pd][O]c2ccccc2)cc1. The average Bonchev–Trinajstić information content (AvgIpc) is 3.46. The molecule has 274 valence electrons. The van der Waals surface area contributed by atoms with Crippen LogP contribution in [-0.2, 0) is 31.6 Å². The molecule has 0 saturated heterocycles. The third-order valence-corrected chi connectivity index (χ3v) is 10.3. The number of aryl methyl sites for hydroxylation is 2. The Labute approximate surface area is 317 Å². The molecule has 0 atom stereocenters. The monoisotopic (exact) mass is 776 g/mol. The molecule has 0 aliphatic carbocycles. The van der Waals surface area contributed by atoms with E-state index in [4.69, 9.17) is 6.92 Å². The van der Waals surface area contributed by atoms with E-state index >= 15 is 0 Å². The number of hydrogen-bond donors (Lipinski definition) is 0. The standard InChI is InChI=1S/C34H48N2.2C6H6O.Pd/c1-5-9-12-14-16-27-19-23-29(24-20-27)33-31(8-4)32(18-11-7-3)34(36(33)35)30-25-21-28(22-26-30)17-15-13-10-6-2;2*7-6-4-2-1-3-5-6;/h19-26H,5-18H2,1-4H3;2*1-5,7H;/q;;;+2/p-2. The van der Waals surface area contributed by atoms with Crippen molar-refractivity contribution >= 4 is 11.4 Å². The Morgan fingerprint density at radius 2 is 0.902 bits per heavy atom. The maximum absolute atomic E-state index is 11.6. The number of allylic oxidation sites excluding steroid dienone is 2. The van der Waals surface area contributed by atoms with Crippen LogP contribution in [0.2, 0.25) is 0 Å². The maximum atomic E-state index is 11.6. The third-order valence-electron chi connectivity index (χ3n) is 9.27. The number of para-hydroxylation sites is 2. The van der Waals surface area contributed by atoms with Gasteiger partial charge in [-0.1, -0.05) is 96.9 Å². The van der Waals surface area contributed by atoms with Gasteiger partial charge in [-0.3, -0.25) is 0 Å². The van der Waals surface area contributed by atoms with Crippen LogP contribution in [0.15, 0.2) is 120 Å². The van der Waals surface area contributed by atoms with Crippen molar-refractivity contribution in [2.45, 2.75) is 118 Å². The van der Waals surface area contributed by atoms with E-state index in [1.54, 1.807) is 0 Å². The minimum absolute atomic E-state index is 0.207. The molecule has 0 aromatic heterocycles. The summed E-state index contributed by atoms with van der Waals surface area (Å²) in [5.74, 6) is 1.67. The van der Waals surface area contributed by atoms with Gasteiger partial charge in [0.1, 0.15) is 0 Å². The van der Waals surface area contributed by atoms with Crippen molar-refractivity contribution in [1.82, 2.24) is 0 Å². The van der Waals surface area contributed by atoms with Gasteiger partial charge in [0.2, 0.25) is 11.4 Å². The molecule has 5 heteroatoms. The van der Waals surface area contributed by atoms with Crippen molar-refractivity contribution in [3.05, 3.63) is 148 Å². The predicted molar refractivity (Wildman–Crippen MR) is 210 cm³/mol. The Morgan fingerprint density at radius 3 is 1.31 bits per heavy atom. The molecular weight excluding hydrogens is 719 g/mol. The van der Waals surface area contributed by atoms with Gasteiger partial charge in [-0.2, -0.15) is 0 Å². The Kier molecular flexibility index (Phi) is 18.0. The van der Waals surface area contributed by atoms with Crippen molar-refractivity contribution in [2.24, 2.45) is 0 Å². The summed E-state index contributed by atoms with van der Waals surface area (Å²) < 4.78 is 12.4. The number of rotatable bonds is 20. The zero-order valence-corrected chi connectivity index (χ0v) is 32.9. The molecule has 1 aliphatic rings. The minimum atomic E-state index is -0.207. The first-order valence-corrected chi connectivity index (χ1v) is 20.5. The van der Waals surface area contributed by atoms with E-state index in [0.717, 1.165) is 72.5 Å². The molecule has 0 bridgehead atoms. The Bertz CT molecular complexity index is 1610. The fourth-order valence-electron chi connectivity index (χ4n) is 6.42. The van der Waals surface area contributed by atoms with E-state index in [1.165, 1.54) is 78.3 Å². The summed E-state index contributed by atoms with van der Waals surface area (Å²) in [5.41, 5.74) is 21.2. The average molecular weight is 777 g/mol. The molecule has 1 aliphatic heterocycles. The molecule has 0 fully saturated rings. The van der Waals surface area contributed by atoms with Crippen molar-refractivity contribution in [1.29, 1.82) is 0 Å². The quantitative estimate of drug-likeness (QED) is 0.0510. The molecule has 0 saturated carbocycles. The van der Waals surface area contributed by atoms with Gasteiger partial charge in [-0.15, -0.1) is 0 Å². The molecule has 4 nitrogen and oxygen atoms in total. The van der Waals surface area contributed by atoms with Crippen LogP contribution in [0.1, 0.15) is 127 Å². The normalized spacial score (nSPS) is 12.7. The first-order valence-electron chi connectivity index (χ1n) is 19.3. The van der Waals surface area contributed by atoms with Gasteiger partial charge >= 0.3 is 97.8 Å². The number of hydrogen-bond acceptors (Lipinski definition) is 2. The first kappa shape index (κ1) is 40.0. The zero-order chi connectivity index (χ0) is 36.1. The second-order valence-corrected chi connectivity index (χ2v) is 14.1. The molecule has 1 heterocycles. The summed E-state index contributed by atoms with van der Waals surface area (Å²) in [7, 11) is 0. The van der Waals surface area contributed by atoms with E-state index in [9.17, 15) is 5.53 Å². The van der Waals surface area contributed by atoms with Crippen LogP contribution < -0.4 is 6.92 Å². The fourth-order valence-corrected chi connectivity index (χ4v) is 7.21. The zero-order valence-electron chi connectivity index (χ0n) is 31.3. The van der Waals surface area contributed by atoms with E-state index < -0.39 is 0 Å². The van der Waals surface area contributed by atoms with Gasteiger partial charge in [0.25, 0.3) is 0 Å². The molecule has 51 heavy (non-hydrogen) atoms. The van der Waals surface area contributed by atoms with Crippen LogP contribution >= 0.6 is 0 Å². The second kappa shape index (κ2) is 22.9. The molecule has 0 radical (unpaired) electrons. The summed E-state index contributed by atoms with van der Waals surface area (Å²) in [6.45, 7) is 8.99. The summed E-state index contributed by atoms with van der Waals surface area (Å²) >= 11 is -0.207. The number of benzene rings is 4. The van der Waals surface area contributed by atoms with E-state index in [2.05, 4.69) is 76.2 Å².